The molecule has 2 unspecified atom stereocenters. The molecular weight excluding hydrogens is 299 g/mol. The molecule has 0 bridgehead atoms. The average Bonchev–Trinajstić information content (AvgIpc) is 2.45. The monoisotopic (exact) mass is 319 g/mol. The van der Waals surface area contributed by atoms with Crippen molar-refractivity contribution in [3.63, 3.8) is 0 Å². The fourth-order valence-electron chi connectivity index (χ4n) is 2.35. The van der Waals surface area contributed by atoms with E-state index in [4.69, 9.17) is 0 Å². The van der Waals surface area contributed by atoms with Crippen LogP contribution in [0.2, 0.25) is 0 Å². The van der Waals surface area contributed by atoms with E-state index in [-0.39, 0.29) is 11.8 Å². The molecule has 2 rings (SSSR count). The van der Waals surface area contributed by atoms with Crippen LogP contribution < -0.4 is 10.1 Å². The molecule has 1 aromatic carbocycles. The molecular formula is C15H20F3NOS. The second kappa shape index (κ2) is 7.40. The molecule has 0 radical (unpaired) electrons. The zero-order valence-corrected chi connectivity index (χ0v) is 12.8. The van der Waals surface area contributed by atoms with E-state index in [0.29, 0.717) is 5.25 Å². The molecule has 0 spiro atoms. The Morgan fingerprint density at radius 1 is 1.29 bits per heavy atom. The minimum atomic E-state index is -4.64. The van der Waals surface area contributed by atoms with E-state index in [9.17, 15) is 13.2 Å². The molecule has 1 heterocycles. The maximum Gasteiger partial charge on any atom is 0.573 e. The van der Waals surface area contributed by atoms with Gasteiger partial charge in [-0.3, -0.25) is 0 Å². The number of thioether (sulfide) groups is 1. The van der Waals surface area contributed by atoms with Gasteiger partial charge in [0.1, 0.15) is 5.75 Å². The molecule has 118 valence electrons. The lowest BCUT2D eigenvalue weighted by molar-refractivity contribution is -0.274. The lowest BCUT2D eigenvalue weighted by atomic mass is 10.1. The molecule has 0 aliphatic carbocycles. The molecule has 2 atom stereocenters. The summed E-state index contributed by atoms with van der Waals surface area (Å²) in [5.74, 6) is 1.05. The van der Waals surface area contributed by atoms with Crippen LogP contribution >= 0.6 is 11.8 Å². The largest absolute Gasteiger partial charge is 0.573 e. The minimum Gasteiger partial charge on any atom is -0.406 e. The highest BCUT2D eigenvalue weighted by Crippen LogP contribution is 2.26. The predicted molar refractivity (Wildman–Crippen MR) is 79.6 cm³/mol. The fraction of sp³-hybridized carbons (Fsp3) is 0.600. The van der Waals surface area contributed by atoms with Crippen molar-refractivity contribution in [3.8, 4) is 5.75 Å². The van der Waals surface area contributed by atoms with Crippen LogP contribution in [0.15, 0.2) is 24.3 Å². The zero-order valence-electron chi connectivity index (χ0n) is 12.0. The van der Waals surface area contributed by atoms with Gasteiger partial charge in [0.15, 0.2) is 0 Å². The Morgan fingerprint density at radius 3 is 2.57 bits per heavy atom. The summed E-state index contributed by atoms with van der Waals surface area (Å²) in [4.78, 5) is 0. The van der Waals surface area contributed by atoms with Crippen molar-refractivity contribution in [2.45, 2.75) is 43.8 Å². The van der Waals surface area contributed by atoms with Crippen LogP contribution in [0.25, 0.3) is 0 Å². The first-order valence-electron chi connectivity index (χ1n) is 7.15. The molecule has 1 aliphatic heterocycles. The van der Waals surface area contributed by atoms with Gasteiger partial charge in [-0.2, -0.15) is 11.8 Å². The number of hydrogen-bond acceptors (Lipinski definition) is 3. The lowest BCUT2D eigenvalue weighted by Crippen LogP contribution is -2.29. The number of alkyl halides is 3. The van der Waals surface area contributed by atoms with Gasteiger partial charge in [0.05, 0.1) is 0 Å². The number of nitrogens with one attached hydrogen (secondary N) is 1. The molecule has 21 heavy (non-hydrogen) atoms. The Kier molecular flexibility index (Phi) is 5.81. The minimum absolute atomic E-state index is 0.118. The van der Waals surface area contributed by atoms with Gasteiger partial charge in [0, 0.05) is 17.8 Å². The summed E-state index contributed by atoms with van der Waals surface area (Å²) in [6.45, 7) is 2.96. The topological polar surface area (TPSA) is 21.3 Å². The maximum absolute atomic E-state index is 12.1. The normalized spacial score (nSPS) is 21.0. The fourth-order valence-corrected chi connectivity index (χ4v) is 3.60. The third-order valence-corrected chi connectivity index (χ3v) is 4.94. The van der Waals surface area contributed by atoms with Gasteiger partial charge in [0.25, 0.3) is 0 Å². The molecule has 1 fully saturated rings. The van der Waals surface area contributed by atoms with Gasteiger partial charge in [-0.15, -0.1) is 13.2 Å². The Labute approximate surface area is 127 Å². The number of hydrogen-bond donors (Lipinski definition) is 1. The molecule has 0 aromatic heterocycles. The Hall–Kier alpha value is -0.880. The quantitative estimate of drug-likeness (QED) is 0.862. The van der Waals surface area contributed by atoms with Crippen LogP contribution in [0, 0.1) is 0 Å². The van der Waals surface area contributed by atoms with Crippen LogP contribution in [0.3, 0.4) is 0 Å². The molecule has 1 aliphatic rings. The van der Waals surface area contributed by atoms with Gasteiger partial charge in [-0.05, 0) is 43.2 Å². The van der Waals surface area contributed by atoms with E-state index in [0.717, 1.165) is 12.1 Å². The van der Waals surface area contributed by atoms with E-state index >= 15 is 0 Å². The Bertz CT molecular complexity index is 430. The average molecular weight is 319 g/mol. The van der Waals surface area contributed by atoms with E-state index in [1.165, 1.54) is 37.1 Å². The lowest BCUT2D eigenvalue weighted by Gasteiger charge is -2.24. The molecule has 0 saturated carbocycles. The summed E-state index contributed by atoms with van der Waals surface area (Å²) in [6, 6.07) is 6.18. The van der Waals surface area contributed by atoms with Crippen molar-refractivity contribution in [2.75, 3.05) is 12.3 Å². The molecule has 0 amide bonds. The number of rotatable bonds is 5. The molecule has 2 nitrogen and oxygen atoms in total. The molecule has 1 N–H and O–H groups in total. The summed E-state index contributed by atoms with van der Waals surface area (Å²) >= 11 is 2.00. The van der Waals surface area contributed by atoms with Crippen molar-refractivity contribution in [3.05, 3.63) is 29.8 Å². The first-order chi connectivity index (χ1) is 9.94. The molecule has 1 aromatic rings. The van der Waals surface area contributed by atoms with Gasteiger partial charge in [0.2, 0.25) is 0 Å². The van der Waals surface area contributed by atoms with Gasteiger partial charge in [-0.25, -0.2) is 0 Å². The van der Waals surface area contributed by atoms with Crippen LogP contribution in [0.4, 0.5) is 13.2 Å². The van der Waals surface area contributed by atoms with Gasteiger partial charge >= 0.3 is 6.36 Å². The third-order valence-electron chi connectivity index (χ3n) is 3.54. The first-order valence-corrected chi connectivity index (χ1v) is 8.19. The highest BCUT2D eigenvalue weighted by atomic mass is 32.2. The van der Waals surface area contributed by atoms with E-state index < -0.39 is 6.36 Å². The zero-order chi connectivity index (χ0) is 15.3. The summed E-state index contributed by atoms with van der Waals surface area (Å²) in [6.07, 6.45) is -0.805. The van der Waals surface area contributed by atoms with Crippen molar-refractivity contribution < 1.29 is 17.9 Å². The number of benzene rings is 1. The highest BCUT2D eigenvalue weighted by molar-refractivity contribution is 7.99. The van der Waals surface area contributed by atoms with Crippen LogP contribution in [0.5, 0.6) is 5.75 Å². The summed E-state index contributed by atoms with van der Waals surface area (Å²) in [7, 11) is 0. The van der Waals surface area contributed by atoms with Crippen molar-refractivity contribution in [1.82, 2.24) is 5.32 Å². The second-order valence-electron chi connectivity index (χ2n) is 5.24. The smallest absolute Gasteiger partial charge is 0.406 e. The van der Waals surface area contributed by atoms with E-state index in [1.807, 2.05) is 18.7 Å². The third kappa shape index (κ3) is 5.79. The summed E-state index contributed by atoms with van der Waals surface area (Å²) in [5.41, 5.74) is 0.963. The molecule has 1 saturated heterocycles. The highest BCUT2D eigenvalue weighted by Gasteiger charge is 2.31. The SMILES string of the molecule is CC(NCC1CCCCS1)c1ccc(OC(F)(F)F)cc1. The Morgan fingerprint density at radius 2 is 2.00 bits per heavy atom. The Balaban J connectivity index is 1.83. The van der Waals surface area contributed by atoms with Crippen molar-refractivity contribution >= 4 is 11.8 Å². The second-order valence-corrected chi connectivity index (χ2v) is 6.64. The van der Waals surface area contributed by atoms with Crippen molar-refractivity contribution in [2.24, 2.45) is 0 Å². The number of halogens is 3. The van der Waals surface area contributed by atoms with Crippen LogP contribution in [-0.4, -0.2) is 23.9 Å². The summed E-state index contributed by atoms with van der Waals surface area (Å²) in [5, 5.41) is 4.10. The first kappa shape index (κ1) is 16.5. The van der Waals surface area contributed by atoms with E-state index in [1.54, 1.807) is 12.1 Å². The summed E-state index contributed by atoms with van der Waals surface area (Å²) < 4.78 is 40.1. The predicted octanol–water partition coefficient (Wildman–Crippen LogP) is 4.52. The van der Waals surface area contributed by atoms with Crippen LogP contribution in [-0.2, 0) is 0 Å². The van der Waals surface area contributed by atoms with Crippen LogP contribution in [0.1, 0.15) is 37.8 Å². The van der Waals surface area contributed by atoms with E-state index in [2.05, 4.69) is 10.1 Å². The van der Waals surface area contributed by atoms with Gasteiger partial charge in [-0.1, -0.05) is 18.6 Å². The maximum atomic E-state index is 12.1. The number of ether oxygens (including phenoxy) is 1. The van der Waals surface area contributed by atoms with Crippen molar-refractivity contribution in [1.29, 1.82) is 0 Å². The standard InChI is InChI=1S/C15H20F3NOS/c1-11(19-10-14-4-2-3-9-21-14)12-5-7-13(8-6-12)20-15(16,17)18/h5-8,11,14,19H,2-4,9-10H2,1H3. The van der Waals surface area contributed by atoms with Gasteiger partial charge < -0.3 is 10.1 Å². The molecule has 6 heteroatoms.